The van der Waals surface area contributed by atoms with Gasteiger partial charge in [-0.05, 0) is 18.9 Å². The van der Waals surface area contributed by atoms with Crippen molar-refractivity contribution in [3.8, 4) is 0 Å². The summed E-state index contributed by atoms with van der Waals surface area (Å²) in [5.41, 5.74) is 0.522. The number of rotatable bonds is 3. The highest BCUT2D eigenvalue weighted by atomic mass is 32.1. The molecule has 0 aromatic carbocycles. The van der Waals surface area contributed by atoms with E-state index in [1.807, 2.05) is 6.07 Å². The minimum Gasteiger partial charge on any atom is -0.465 e. The lowest BCUT2D eigenvalue weighted by atomic mass is 9.68. The quantitative estimate of drug-likeness (QED) is 0.801. The smallest absolute Gasteiger partial charge is 0.338 e. The van der Waals surface area contributed by atoms with Crippen LogP contribution < -0.4 is 0 Å². The summed E-state index contributed by atoms with van der Waals surface area (Å²) in [7, 11) is 1.38. The lowest BCUT2D eigenvalue weighted by Crippen LogP contribution is -2.37. The Morgan fingerprint density at radius 3 is 2.87 bits per heavy atom. The lowest BCUT2D eigenvalue weighted by Gasteiger charge is -2.39. The first-order chi connectivity index (χ1) is 7.22. The molecule has 0 saturated heterocycles. The molecule has 4 heteroatoms. The minimum atomic E-state index is -0.301. The highest BCUT2D eigenvalue weighted by Crippen LogP contribution is 2.45. The molecule has 1 saturated carbocycles. The molecule has 0 bridgehead atoms. The van der Waals surface area contributed by atoms with Gasteiger partial charge in [0.05, 0.1) is 19.3 Å². The molecule has 0 unspecified atom stereocenters. The maximum absolute atomic E-state index is 11.3. The molecule has 3 nitrogen and oxygen atoms in total. The van der Waals surface area contributed by atoms with Crippen LogP contribution in [0.3, 0.4) is 0 Å². The third kappa shape index (κ3) is 1.68. The summed E-state index contributed by atoms with van der Waals surface area (Å²) >= 11 is 1.54. The summed E-state index contributed by atoms with van der Waals surface area (Å²) < 4.78 is 4.65. The molecule has 0 aliphatic heterocycles. The Morgan fingerprint density at radius 1 is 1.67 bits per heavy atom. The summed E-state index contributed by atoms with van der Waals surface area (Å²) in [4.78, 5) is 12.4. The Hall–Kier alpha value is -0.870. The lowest BCUT2D eigenvalue weighted by molar-refractivity contribution is 0.0600. The maximum atomic E-state index is 11.3. The number of hydrogen-bond donors (Lipinski definition) is 1. The van der Waals surface area contributed by atoms with Crippen LogP contribution >= 0.6 is 11.3 Å². The Bertz CT molecular complexity index is 360. The third-order valence-electron chi connectivity index (χ3n) is 3.16. The molecule has 15 heavy (non-hydrogen) atoms. The fraction of sp³-hybridized carbons (Fsp3) is 0.545. The number of esters is 1. The van der Waals surface area contributed by atoms with Crippen LogP contribution in [0.25, 0.3) is 0 Å². The molecule has 0 atom stereocenters. The molecule has 0 spiro atoms. The van der Waals surface area contributed by atoms with Crippen molar-refractivity contribution in [2.45, 2.75) is 24.7 Å². The molecular weight excluding hydrogens is 212 g/mol. The zero-order chi connectivity index (χ0) is 10.9. The standard InChI is InChI=1S/C11H14O3S/c1-14-10(13)8-5-9(15-6-8)11(7-12)3-2-4-11/h5-6,12H,2-4,7H2,1H3. The normalized spacial score (nSPS) is 18.3. The average Bonchev–Trinajstić information content (AvgIpc) is 2.65. The summed E-state index contributed by atoms with van der Waals surface area (Å²) in [6, 6.07) is 1.85. The number of ether oxygens (including phenoxy) is 1. The minimum absolute atomic E-state index is 0.0725. The topological polar surface area (TPSA) is 46.5 Å². The Kier molecular flexibility index (Phi) is 2.80. The van der Waals surface area contributed by atoms with Crippen molar-refractivity contribution in [1.82, 2.24) is 0 Å². The first-order valence-electron chi connectivity index (χ1n) is 5.00. The van der Waals surface area contributed by atoms with Crippen molar-refractivity contribution in [2.24, 2.45) is 0 Å². The van der Waals surface area contributed by atoms with Crippen LogP contribution in [0, 0.1) is 0 Å². The van der Waals surface area contributed by atoms with Crippen LogP contribution in [0.1, 0.15) is 34.5 Å². The molecule has 1 heterocycles. The first kappa shape index (κ1) is 10.6. The third-order valence-corrected chi connectivity index (χ3v) is 4.33. The molecule has 0 amide bonds. The van der Waals surface area contributed by atoms with E-state index in [0.717, 1.165) is 24.1 Å². The fourth-order valence-corrected chi connectivity index (χ4v) is 3.06. The number of aliphatic hydroxyl groups excluding tert-OH is 1. The molecule has 1 aromatic heterocycles. The molecular formula is C11H14O3S. The van der Waals surface area contributed by atoms with E-state index in [1.165, 1.54) is 18.4 Å². The van der Waals surface area contributed by atoms with E-state index in [4.69, 9.17) is 0 Å². The van der Waals surface area contributed by atoms with Gasteiger partial charge in [-0.1, -0.05) is 6.42 Å². The van der Waals surface area contributed by atoms with Crippen LogP contribution in [-0.2, 0) is 10.2 Å². The van der Waals surface area contributed by atoms with E-state index in [2.05, 4.69) is 4.74 Å². The molecule has 1 aliphatic carbocycles. The van der Waals surface area contributed by atoms with Crippen molar-refractivity contribution in [1.29, 1.82) is 0 Å². The van der Waals surface area contributed by atoms with Gasteiger partial charge in [0, 0.05) is 15.7 Å². The number of methoxy groups -OCH3 is 1. The van der Waals surface area contributed by atoms with Gasteiger partial charge in [0.15, 0.2) is 0 Å². The number of thiophene rings is 1. The Labute approximate surface area is 92.7 Å². The van der Waals surface area contributed by atoms with Crippen molar-refractivity contribution in [3.63, 3.8) is 0 Å². The van der Waals surface area contributed by atoms with Crippen molar-refractivity contribution in [2.75, 3.05) is 13.7 Å². The maximum Gasteiger partial charge on any atom is 0.338 e. The summed E-state index contributed by atoms with van der Waals surface area (Å²) in [6.45, 7) is 0.175. The molecule has 82 valence electrons. The molecule has 0 radical (unpaired) electrons. The Morgan fingerprint density at radius 2 is 2.40 bits per heavy atom. The van der Waals surface area contributed by atoms with E-state index in [0.29, 0.717) is 5.56 Å². The zero-order valence-electron chi connectivity index (χ0n) is 8.66. The second-order valence-electron chi connectivity index (χ2n) is 3.98. The van der Waals surface area contributed by atoms with Gasteiger partial charge in [0.1, 0.15) is 0 Å². The molecule has 2 rings (SSSR count). The predicted octanol–water partition coefficient (Wildman–Crippen LogP) is 1.95. The number of hydrogen-bond acceptors (Lipinski definition) is 4. The highest BCUT2D eigenvalue weighted by Gasteiger charge is 2.39. The number of carbonyl (C=O) groups excluding carboxylic acids is 1. The largest absolute Gasteiger partial charge is 0.465 e. The number of aliphatic hydroxyl groups is 1. The summed E-state index contributed by atoms with van der Waals surface area (Å²) in [6.07, 6.45) is 3.20. The second-order valence-corrected chi connectivity index (χ2v) is 4.89. The van der Waals surface area contributed by atoms with Crippen LogP contribution in [-0.4, -0.2) is 24.8 Å². The van der Waals surface area contributed by atoms with E-state index in [-0.39, 0.29) is 18.0 Å². The zero-order valence-corrected chi connectivity index (χ0v) is 9.47. The van der Waals surface area contributed by atoms with Gasteiger partial charge in [0.2, 0.25) is 0 Å². The summed E-state index contributed by atoms with van der Waals surface area (Å²) in [5, 5.41) is 11.2. The van der Waals surface area contributed by atoms with Crippen LogP contribution in [0.15, 0.2) is 11.4 Å². The molecule has 1 aromatic rings. The van der Waals surface area contributed by atoms with Gasteiger partial charge in [-0.15, -0.1) is 11.3 Å². The van der Waals surface area contributed by atoms with E-state index in [9.17, 15) is 9.90 Å². The molecule has 1 aliphatic rings. The van der Waals surface area contributed by atoms with E-state index < -0.39 is 0 Å². The first-order valence-corrected chi connectivity index (χ1v) is 5.88. The van der Waals surface area contributed by atoms with Gasteiger partial charge in [-0.3, -0.25) is 0 Å². The van der Waals surface area contributed by atoms with Gasteiger partial charge < -0.3 is 9.84 Å². The summed E-state index contributed by atoms with van der Waals surface area (Å²) in [5.74, 6) is -0.301. The average molecular weight is 226 g/mol. The van der Waals surface area contributed by atoms with Gasteiger partial charge >= 0.3 is 5.97 Å². The number of carbonyl (C=O) groups is 1. The van der Waals surface area contributed by atoms with E-state index in [1.54, 1.807) is 5.38 Å². The highest BCUT2D eigenvalue weighted by molar-refractivity contribution is 7.10. The fourth-order valence-electron chi connectivity index (χ4n) is 1.93. The monoisotopic (exact) mass is 226 g/mol. The van der Waals surface area contributed by atoms with Crippen LogP contribution in [0.5, 0.6) is 0 Å². The van der Waals surface area contributed by atoms with Crippen LogP contribution in [0.2, 0.25) is 0 Å². The van der Waals surface area contributed by atoms with Crippen molar-refractivity contribution < 1.29 is 14.6 Å². The van der Waals surface area contributed by atoms with Crippen LogP contribution in [0.4, 0.5) is 0 Å². The molecule has 1 N–H and O–H groups in total. The van der Waals surface area contributed by atoms with E-state index >= 15 is 0 Å². The van der Waals surface area contributed by atoms with Crippen molar-refractivity contribution in [3.05, 3.63) is 21.9 Å². The Balaban J connectivity index is 2.23. The van der Waals surface area contributed by atoms with Gasteiger partial charge in [0.25, 0.3) is 0 Å². The second kappa shape index (κ2) is 3.94. The van der Waals surface area contributed by atoms with Gasteiger partial charge in [-0.25, -0.2) is 4.79 Å². The van der Waals surface area contributed by atoms with Gasteiger partial charge in [-0.2, -0.15) is 0 Å². The predicted molar refractivity (Wildman–Crippen MR) is 58.3 cm³/mol. The molecule has 1 fully saturated rings. The SMILES string of the molecule is COC(=O)c1csc(C2(CO)CCC2)c1. The van der Waals surface area contributed by atoms with Crippen molar-refractivity contribution >= 4 is 17.3 Å².